The average molecular weight is 416 g/mol. The van der Waals surface area contributed by atoms with Crippen LogP contribution < -0.4 is 5.32 Å². The second-order valence-electron chi connectivity index (χ2n) is 7.46. The number of nitrogens with zero attached hydrogens (tertiary/aromatic N) is 4. The number of aromatic amines is 1. The first-order valence-electron chi connectivity index (χ1n) is 9.66. The molecular weight excluding hydrogens is 394 g/mol. The molecule has 1 atom stereocenters. The third-order valence-corrected chi connectivity index (χ3v) is 5.19. The number of ether oxygens (including phenoxy) is 1. The van der Waals surface area contributed by atoms with E-state index in [0.717, 1.165) is 21.4 Å². The summed E-state index contributed by atoms with van der Waals surface area (Å²) in [6.07, 6.45) is 2.57. The predicted molar refractivity (Wildman–Crippen MR) is 106 cm³/mol. The molecule has 1 aliphatic rings. The summed E-state index contributed by atoms with van der Waals surface area (Å²) in [4.78, 5) is 21.6. The fraction of sp³-hybridized carbons (Fsp3) is 0.400. The zero-order valence-corrected chi connectivity index (χ0v) is 16.4. The molecule has 158 valence electrons. The van der Waals surface area contributed by atoms with E-state index in [2.05, 4.69) is 25.5 Å². The number of likely N-dealkylation sites (tertiary alicyclic amines) is 1. The van der Waals surface area contributed by atoms with Gasteiger partial charge in [0.2, 0.25) is 5.95 Å². The molecule has 3 heterocycles. The van der Waals surface area contributed by atoms with Gasteiger partial charge in [-0.1, -0.05) is 29.8 Å². The van der Waals surface area contributed by atoms with Gasteiger partial charge in [0.1, 0.15) is 6.61 Å². The van der Waals surface area contributed by atoms with Gasteiger partial charge in [0.15, 0.2) is 5.65 Å². The maximum Gasteiger partial charge on any atom is 0.410 e. The van der Waals surface area contributed by atoms with E-state index in [1.807, 2.05) is 31.2 Å². The van der Waals surface area contributed by atoms with Crippen LogP contribution in [0.1, 0.15) is 17.5 Å². The third-order valence-electron chi connectivity index (χ3n) is 5.19. The Hall–Kier alpha value is -3.30. The van der Waals surface area contributed by atoms with Crippen LogP contribution in [0.2, 0.25) is 0 Å². The van der Waals surface area contributed by atoms with Crippen LogP contribution in [0.4, 0.5) is 19.5 Å². The van der Waals surface area contributed by atoms with Gasteiger partial charge < -0.3 is 15.0 Å². The molecule has 8 nitrogen and oxygen atoms in total. The Balaban J connectivity index is 1.29. The van der Waals surface area contributed by atoms with Gasteiger partial charge in [-0.2, -0.15) is 10.1 Å². The molecule has 0 aliphatic carbocycles. The number of nitrogens with one attached hydrogen (secondary N) is 2. The lowest BCUT2D eigenvalue weighted by Gasteiger charge is -2.37. The first-order valence-corrected chi connectivity index (χ1v) is 9.66. The van der Waals surface area contributed by atoms with Gasteiger partial charge in [0, 0.05) is 25.2 Å². The average Bonchev–Trinajstić information content (AvgIpc) is 3.19. The van der Waals surface area contributed by atoms with E-state index in [1.165, 1.54) is 0 Å². The second kappa shape index (κ2) is 8.21. The molecule has 1 amide bonds. The third kappa shape index (κ3) is 4.47. The van der Waals surface area contributed by atoms with Crippen LogP contribution in [0, 0.1) is 12.8 Å². The number of hydrogen-bond acceptors (Lipinski definition) is 6. The maximum atomic E-state index is 14.6. The Morgan fingerprint density at radius 2 is 2.13 bits per heavy atom. The molecule has 2 aromatic heterocycles. The number of fused-ring (bicyclic) bond motifs is 1. The lowest BCUT2D eigenvalue weighted by atomic mass is 9.93. The number of alkyl halides is 2. The number of carbonyl (C=O) groups excluding carboxylic acids is 1. The summed E-state index contributed by atoms with van der Waals surface area (Å²) in [5, 5.41) is 10.2. The van der Waals surface area contributed by atoms with Gasteiger partial charge in [0.05, 0.1) is 18.1 Å². The number of anilines is 1. The number of piperidine rings is 1. The minimum Gasteiger partial charge on any atom is -0.445 e. The van der Waals surface area contributed by atoms with Crippen LogP contribution in [-0.4, -0.2) is 56.7 Å². The molecular formula is C20H22F2N6O2. The molecule has 0 bridgehead atoms. The summed E-state index contributed by atoms with van der Waals surface area (Å²) in [5.41, 5.74) is 2.44. The normalized spacial score (nSPS) is 18.4. The van der Waals surface area contributed by atoms with E-state index in [0.29, 0.717) is 5.65 Å². The summed E-state index contributed by atoms with van der Waals surface area (Å²) in [7, 11) is 0. The monoisotopic (exact) mass is 416 g/mol. The summed E-state index contributed by atoms with van der Waals surface area (Å²) in [5.74, 6) is -3.74. The van der Waals surface area contributed by atoms with E-state index >= 15 is 0 Å². The van der Waals surface area contributed by atoms with E-state index < -0.39 is 24.5 Å². The predicted octanol–water partition coefficient (Wildman–Crippen LogP) is 3.37. The van der Waals surface area contributed by atoms with Gasteiger partial charge in [-0.3, -0.25) is 5.10 Å². The Kier molecular flexibility index (Phi) is 5.47. The Morgan fingerprint density at radius 3 is 2.90 bits per heavy atom. The number of aromatic nitrogens is 4. The quantitative estimate of drug-likeness (QED) is 0.662. The van der Waals surface area contributed by atoms with Gasteiger partial charge >= 0.3 is 6.09 Å². The Morgan fingerprint density at radius 1 is 1.33 bits per heavy atom. The summed E-state index contributed by atoms with van der Waals surface area (Å²) < 4.78 is 34.5. The van der Waals surface area contributed by atoms with Crippen molar-refractivity contribution in [1.29, 1.82) is 0 Å². The van der Waals surface area contributed by atoms with Crippen LogP contribution in [0.5, 0.6) is 0 Å². The topological polar surface area (TPSA) is 96.0 Å². The van der Waals surface area contributed by atoms with E-state index in [4.69, 9.17) is 4.74 Å². The molecule has 10 heteroatoms. The number of aryl methyl sites for hydroxylation is 1. The number of rotatable bonds is 5. The van der Waals surface area contributed by atoms with E-state index in [-0.39, 0.29) is 32.1 Å². The lowest BCUT2D eigenvalue weighted by molar-refractivity contribution is -0.102. The standard InChI is InChI=1S/C20H22F2N6O2/c1-13-2-4-14(5-3-13)11-30-19(29)28-7-6-16(20(21,22)12-28)10-24-18-23-8-15-9-25-27-17(15)26-18/h2-5,8-9,16H,6-7,10-12H2,1H3,(H2,23,24,25,26,27)/t16-/m0/s1. The highest BCUT2D eigenvalue weighted by atomic mass is 19.3. The first kappa shape index (κ1) is 20.0. The molecule has 3 aromatic rings. The molecule has 2 N–H and O–H groups in total. The molecule has 0 spiro atoms. The maximum absolute atomic E-state index is 14.6. The SMILES string of the molecule is Cc1ccc(COC(=O)N2CC[C@@H](CNc3ncc4cn[nH]c4n3)C(F)(F)C2)cc1. The highest BCUT2D eigenvalue weighted by molar-refractivity contribution is 5.73. The number of halogens is 2. The highest BCUT2D eigenvalue weighted by Crippen LogP contribution is 2.33. The lowest BCUT2D eigenvalue weighted by Crippen LogP contribution is -2.52. The summed E-state index contributed by atoms with van der Waals surface area (Å²) >= 11 is 0. The molecule has 1 fully saturated rings. The Bertz CT molecular complexity index is 1020. The van der Waals surface area contributed by atoms with Gasteiger partial charge in [-0.05, 0) is 18.9 Å². The molecule has 4 rings (SSSR count). The molecule has 1 saturated heterocycles. The first-order chi connectivity index (χ1) is 14.4. The molecule has 0 unspecified atom stereocenters. The molecule has 0 radical (unpaired) electrons. The van der Waals surface area contributed by atoms with Crippen LogP contribution in [-0.2, 0) is 11.3 Å². The molecule has 1 aliphatic heterocycles. The van der Waals surface area contributed by atoms with Crippen molar-refractivity contribution in [3.63, 3.8) is 0 Å². The van der Waals surface area contributed by atoms with Crippen molar-refractivity contribution in [2.75, 3.05) is 25.0 Å². The molecule has 30 heavy (non-hydrogen) atoms. The number of carbonyl (C=O) groups is 1. The van der Waals surface area contributed by atoms with Crippen molar-refractivity contribution in [2.24, 2.45) is 5.92 Å². The van der Waals surface area contributed by atoms with Crippen LogP contribution in [0.15, 0.2) is 36.7 Å². The second-order valence-corrected chi connectivity index (χ2v) is 7.46. The largest absolute Gasteiger partial charge is 0.445 e. The number of benzene rings is 1. The van der Waals surface area contributed by atoms with Crippen molar-refractivity contribution in [3.05, 3.63) is 47.8 Å². The number of hydrogen-bond donors (Lipinski definition) is 2. The van der Waals surface area contributed by atoms with Crippen molar-refractivity contribution >= 4 is 23.1 Å². The smallest absolute Gasteiger partial charge is 0.410 e. The number of H-pyrrole nitrogens is 1. The summed E-state index contributed by atoms with van der Waals surface area (Å²) in [6, 6.07) is 7.50. The van der Waals surface area contributed by atoms with Gasteiger partial charge in [-0.15, -0.1) is 0 Å². The molecule has 0 saturated carbocycles. The zero-order valence-electron chi connectivity index (χ0n) is 16.4. The van der Waals surface area contributed by atoms with E-state index in [1.54, 1.807) is 12.4 Å². The van der Waals surface area contributed by atoms with Crippen LogP contribution in [0.3, 0.4) is 0 Å². The fourth-order valence-electron chi connectivity index (χ4n) is 3.35. The number of amides is 1. The zero-order chi connectivity index (χ0) is 21.1. The van der Waals surface area contributed by atoms with E-state index in [9.17, 15) is 13.6 Å². The van der Waals surface area contributed by atoms with Crippen molar-refractivity contribution in [3.8, 4) is 0 Å². The molecule has 1 aromatic carbocycles. The highest BCUT2D eigenvalue weighted by Gasteiger charge is 2.46. The minimum atomic E-state index is -3.05. The minimum absolute atomic E-state index is 0.00109. The van der Waals surface area contributed by atoms with Gasteiger partial charge in [-0.25, -0.2) is 18.6 Å². The van der Waals surface area contributed by atoms with Crippen LogP contribution >= 0.6 is 0 Å². The van der Waals surface area contributed by atoms with Crippen molar-refractivity contribution in [2.45, 2.75) is 25.9 Å². The summed E-state index contributed by atoms with van der Waals surface area (Å²) in [6.45, 7) is 1.54. The van der Waals surface area contributed by atoms with Crippen molar-refractivity contribution < 1.29 is 18.3 Å². The van der Waals surface area contributed by atoms with Crippen LogP contribution in [0.25, 0.3) is 11.0 Å². The fourth-order valence-corrected chi connectivity index (χ4v) is 3.35. The Labute approximate surface area is 171 Å². The van der Waals surface area contributed by atoms with Crippen molar-refractivity contribution in [1.82, 2.24) is 25.1 Å². The van der Waals surface area contributed by atoms with Gasteiger partial charge in [0.25, 0.3) is 5.92 Å².